The van der Waals surface area contributed by atoms with E-state index in [1.54, 1.807) is 31.0 Å². The van der Waals surface area contributed by atoms with E-state index < -0.39 is 5.97 Å². The summed E-state index contributed by atoms with van der Waals surface area (Å²) in [5, 5.41) is 16.9. The van der Waals surface area contributed by atoms with Gasteiger partial charge in [-0.05, 0) is 22.9 Å². The predicted molar refractivity (Wildman–Crippen MR) is 59.7 cm³/mol. The van der Waals surface area contributed by atoms with Gasteiger partial charge in [0, 0.05) is 18.8 Å². The Hall–Kier alpha value is -1.63. The van der Waals surface area contributed by atoms with Crippen molar-refractivity contribution in [3.05, 3.63) is 28.3 Å². The Morgan fingerprint density at radius 2 is 2.25 bits per heavy atom. The molecule has 0 unspecified atom stereocenters. The van der Waals surface area contributed by atoms with Gasteiger partial charge in [0.2, 0.25) is 0 Å². The first kappa shape index (κ1) is 10.9. The van der Waals surface area contributed by atoms with Gasteiger partial charge >= 0.3 is 5.97 Å². The minimum atomic E-state index is -1.03. The number of aromatic carboxylic acids is 1. The summed E-state index contributed by atoms with van der Waals surface area (Å²) in [6.07, 6.45) is 3.27. The molecule has 2 aromatic heterocycles. The molecule has 16 heavy (non-hydrogen) atoms. The molecule has 2 heterocycles. The number of carboxylic acid groups (broad SMARTS) is 1. The van der Waals surface area contributed by atoms with Gasteiger partial charge in [0.05, 0.1) is 6.20 Å². The highest BCUT2D eigenvalue weighted by Crippen LogP contribution is 2.20. The lowest BCUT2D eigenvalue weighted by molar-refractivity contribution is 0.0689. The quantitative estimate of drug-likeness (QED) is 0.904. The molecule has 0 bridgehead atoms. The SMILES string of the molecule is Cc1cn(-c2cnn(C)c2Br)nc1C(=O)O. The fourth-order valence-corrected chi connectivity index (χ4v) is 1.74. The van der Waals surface area contributed by atoms with Crippen LogP contribution in [0.1, 0.15) is 16.1 Å². The molecule has 0 saturated heterocycles. The molecular formula is C9H9BrN4O2. The number of rotatable bonds is 2. The van der Waals surface area contributed by atoms with Gasteiger partial charge in [0.15, 0.2) is 5.69 Å². The monoisotopic (exact) mass is 284 g/mol. The van der Waals surface area contributed by atoms with Gasteiger partial charge in [-0.25, -0.2) is 9.48 Å². The Labute approximate surface area is 99.6 Å². The van der Waals surface area contributed by atoms with Gasteiger partial charge in [-0.3, -0.25) is 4.68 Å². The molecular weight excluding hydrogens is 276 g/mol. The molecule has 2 rings (SSSR count). The van der Waals surface area contributed by atoms with E-state index in [-0.39, 0.29) is 5.69 Å². The molecule has 7 heteroatoms. The third-order valence-corrected chi connectivity index (χ3v) is 3.11. The highest BCUT2D eigenvalue weighted by Gasteiger charge is 2.15. The molecule has 0 spiro atoms. The number of halogens is 1. The molecule has 0 aromatic carbocycles. The van der Waals surface area contributed by atoms with Crippen molar-refractivity contribution in [2.45, 2.75) is 6.92 Å². The highest BCUT2D eigenvalue weighted by atomic mass is 79.9. The minimum absolute atomic E-state index is 0.0516. The molecule has 0 radical (unpaired) electrons. The first-order valence-corrected chi connectivity index (χ1v) is 5.27. The number of hydrogen-bond donors (Lipinski definition) is 1. The van der Waals surface area contributed by atoms with Crippen molar-refractivity contribution in [1.29, 1.82) is 0 Å². The van der Waals surface area contributed by atoms with E-state index in [1.807, 2.05) is 0 Å². The van der Waals surface area contributed by atoms with E-state index >= 15 is 0 Å². The molecule has 6 nitrogen and oxygen atoms in total. The van der Waals surface area contributed by atoms with Crippen molar-refractivity contribution < 1.29 is 9.90 Å². The van der Waals surface area contributed by atoms with E-state index in [4.69, 9.17) is 5.11 Å². The van der Waals surface area contributed by atoms with Gasteiger partial charge in [0.25, 0.3) is 0 Å². The van der Waals surface area contributed by atoms with Crippen LogP contribution in [0.25, 0.3) is 5.69 Å². The van der Waals surface area contributed by atoms with E-state index in [9.17, 15) is 4.79 Å². The van der Waals surface area contributed by atoms with Crippen LogP contribution in [-0.2, 0) is 7.05 Å². The van der Waals surface area contributed by atoms with Crippen LogP contribution >= 0.6 is 15.9 Å². The second kappa shape index (κ2) is 3.75. The van der Waals surface area contributed by atoms with Crippen molar-refractivity contribution >= 4 is 21.9 Å². The predicted octanol–water partition coefficient (Wildman–Crippen LogP) is 1.37. The number of hydrogen-bond acceptors (Lipinski definition) is 3. The summed E-state index contributed by atoms with van der Waals surface area (Å²) < 4.78 is 3.87. The molecule has 0 fully saturated rings. The average molecular weight is 285 g/mol. The largest absolute Gasteiger partial charge is 0.476 e. The van der Waals surface area contributed by atoms with Crippen LogP contribution < -0.4 is 0 Å². The van der Waals surface area contributed by atoms with Crippen molar-refractivity contribution in [1.82, 2.24) is 19.6 Å². The van der Waals surface area contributed by atoms with E-state index in [0.29, 0.717) is 11.3 Å². The minimum Gasteiger partial charge on any atom is -0.476 e. The molecule has 0 amide bonds. The molecule has 2 aromatic rings. The zero-order valence-corrected chi connectivity index (χ0v) is 10.3. The van der Waals surface area contributed by atoms with Crippen molar-refractivity contribution in [2.75, 3.05) is 0 Å². The van der Waals surface area contributed by atoms with Gasteiger partial charge in [0.1, 0.15) is 10.3 Å². The maximum Gasteiger partial charge on any atom is 0.356 e. The first-order valence-electron chi connectivity index (χ1n) is 4.48. The van der Waals surface area contributed by atoms with Gasteiger partial charge in [-0.2, -0.15) is 10.2 Å². The summed E-state index contributed by atoms with van der Waals surface area (Å²) >= 11 is 3.35. The van der Waals surface area contributed by atoms with E-state index in [0.717, 1.165) is 4.60 Å². The lowest BCUT2D eigenvalue weighted by atomic mass is 10.3. The molecule has 0 aliphatic rings. The van der Waals surface area contributed by atoms with Crippen LogP contribution in [0.4, 0.5) is 0 Å². The maximum absolute atomic E-state index is 10.8. The van der Waals surface area contributed by atoms with Crippen LogP contribution in [0.3, 0.4) is 0 Å². The van der Waals surface area contributed by atoms with Crippen LogP contribution in [0, 0.1) is 6.92 Å². The van der Waals surface area contributed by atoms with Gasteiger partial charge in [-0.15, -0.1) is 0 Å². The summed E-state index contributed by atoms with van der Waals surface area (Å²) in [4.78, 5) is 10.8. The zero-order valence-electron chi connectivity index (χ0n) is 8.68. The number of carboxylic acids is 1. The maximum atomic E-state index is 10.8. The summed E-state index contributed by atoms with van der Waals surface area (Å²) in [7, 11) is 1.78. The second-order valence-electron chi connectivity index (χ2n) is 3.35. The van der Waals surface area contributed by atoms with Crippen LogP contribution in [0.5, 0.6) is 0 Å². The molecule has 0 atom stereocenters. The Morgan fingerprint density at radius 3 is 2.69 bits per heavy atom. The normalized spacial score (nSPS) is 10.7. The van der Waals surface area contributed by atoms with E-state index in [1.165, 1.54) is 4.68 Å². The fraction of sp³-hybridized carbons (Fsp3) is 0.222. The Kier molecular flexibility index (Phi) is 2.55. The second-order valence-corrected chi connectivity index (χ2v) is 4.11. The first-order chi connectivity index (χ1) is 7.50. The fourth-order valence-electron chi connectivity index (χ4n) is 1.36. The number of aromatic nitrogens is 4. The van der Waals surface area contributed by atoms with E-state index in [2.05, 4.69) is 26.1 Å². The smallest absolute Gasteiger partial charge is 0.356 e. The number of nitrogens with zero attached hydrogens (tertiary/aromatic N) is 4. The third-order valence-electron chi connectivity index (χ3n) is 2.20. The standard InChI is InChI=1S/C9H9BrN4O2/c1-5-4-14(12-7(5)9(15)16)6-3-11-13(2)8(6)10/h3-4H,1-2H3,(H,15,16). The molecule has 0 aliphatic heterocycles. The van der Waals surface area contributed by atoms with Crippen molar-refractivity contribution in [2.24, 2.45) is 7.05 Å². The Balaban J connectivity index is 2.53. The summed E-state index contributed by atoms with van der Waals surface area (Å²) in [6.45, 7) is 1.71. The van der Waals surface area contributed by atoms with Gasteiger partial charge in [-0.1, -0.05) is 0 Å². The van der Waals surface area contributed by atoms with Crippen LogP contribution in [0.2, 0.25) is 0 Å². The lowest BCUT2D eigenvalue weighted by Gasteiger charge is -1.97. The molecule has 84 valence electrons. The molecule has 1 N–H and O–H groups in total. The van der Waals surface area contributed by atoms with Crippen molar-refractivity contribution in [3.63, 3.8) is 0 Å². The number of carbonyl (C=O) groups is 1. The highest BCUT2D eigenvalue weighted by molar-refractivity contribution is 9.10. The summed E-state index contributed by atoms with van der Waals surface area (Å²) in [5.74, 6) is -1.03. The van der Waals surface area contributed by atoms with Gasteiger partial charge < -0.3 is 5.11 Å². The average Bonchev–Trinajstić information content (AvgIpc) is 2.73. The third kappa shape index (κ3) is 1.63. The number of aryl methyl sites for hydroxylation is 2. The van der Waals surface area contributed by atoms with Crippen molar-refractivity contribution in [3.8, 4) is 5.69 Å². The molecule has 0 saturated carbocycles. The summed E-state index contributed by atoms with van der Waals surface area (Å²) in [5.41, 5.74) is 1.37. The topological polar surface area (TPSA) is 72.9 Å². The Bertz CT molecular complexity index is 558. The molecule has 0 aliphatic carbocycles. The Morgan fingerprint density at radius 1 is 1.56 bits per heavy atom. The summed E-state index contributed by atoms with van der Waals surface area (Å²) in [6, 6.07) is 0. The lowest BCUT2D eigenvalue weighted by Crippen LogP contribution is -2.01. The zero-order chi connectivity index (χ0) is 11.9. The van der Waals surface area contributed by atoms with Crippen LogP contribution in [0.15, 0.2) is 17.0 Å². The van der Waals surface area contributed by atoms with Crippen LogP contribution in [-0.4, -0.2) is 30.6 Å².